The molecule has 0 bridgehead atoms. The van der Waals surface area contributed by atoms with E-state index in [1.165, 1.54) is 22.2 Å². The molecule has 28 heavy (non-hydrogen) atoms. The van der Waals surface area contributed by atoms with Crippen molar-refractivity contribution >= 4 is 17.7 Å². The van der Waals surface area contributed by atoms with Gasteiger partial charge in [0.2, 0.25) is 5.91 Å². The zero-order valence-electron chi connectivity index (χ0n) is 16.1. The summed E-state index contributed by atoms with van der Waals surface area (Å²) >= 11 is 1.50. The van der Waals surface area contributed by atoms with Crippen molar-refractivity contribution in [2.24, 2.45) is 0 Å². The Labute approximate surface area is 169 Å². The van der Waals surface area contributed by atoms with Crippen LogP contribution < -0.4 is 10.2 Å². The predicted molar refractivity (Wildman–Crippen MR) is 110 cm³/mol. The van der Waals surface area contributed by atoms with Gasteiger partial charge in [-0.25, -0.2) is 0 Å². The molecule has 0 aliphatic carbocycles. The Morgan fingerprint density at radius 3 is 2.54 bits per heavy atom. The fourth-order valence-corrected chi connectivity index (χ4v) is 3.58. The van der Waals surface area contributed by atoms with E-state index in [0.717, 1.165) is 23.6 Å². The van der Waals surface area contributed by atoms with E-state index in [1.54, 1.807) is 4.68 Å². The highest BCUT2D eigenvalue weighted by Crippen LogP contribution is 2.13. The summed E-state index contributed by atoms with van der Waals surface area (Å²) in [5.41, 5.74) is 3.33. The molecule has 1 amide bonds. The van der Waals surface area contributed by atoms with Crippen LogP contribution in [0.25, 0.3) is 5.69 Å². The number of aromatic nitrogens is 4. The van der Waals surface area contributed by atoms with Gasteiger partial charge in [-0.1, -0.05) is 42.5 Å². The topological polar surface area (TPSA) is 77.1 Å². The molecular weight excluding hydrogens is 372 g/mol. The van der Waals surface area contributed by atoms with Gasteiger partial charge in [0, 0.05) is 12.1 Å². The van der Waals surface area contributed by atoms with Gasteiger partial charge >= 0.3 is 0 Å². The fourth-order valence-electron chi connectivity index (χ4n) is 2.83. The molecule has 146 valence electrons. The summed E-state index contributed by atoms with van der Waals surface area (Å²) in [6.07, 6.45) is 0. The smallest absolute Gasteiger partial charge is 0.230 e. The van der Waals surface area contributed by atoms with Crippen molar-refractivity contribution in [1.29, 1.82) is 0 Å². The first kappa shape index (κ1) is 20.0. The fraction of sp³-hybridized carbons (Fsp3) is 0.300. The molecule has 0 saturated heterocycles. The van der Waals surface area contributed by atoms with E-state index in [2.05, 4.69) is 47.1 Å². The summed E-state index contributed by atoms with van der Waals surface area (Å²) in [7, 11) is 4.24. The standard InChI is InChI=1S/C20H24N6OS/c1-25(2)13-17-9-7-6-8-16(17)12-21-20(27)15-28-14-19-22-23-24-26(19)18-10-4-3-5-11-18/h3-11H,12-15H2,1-2H3,(H,21,27)/p+1. The van der Waals surface area contributed by atoms with Crippen molar-refractivity contribution in [2.75, 3.05) is 19.8 Å². The third-order valence-electron chi connectivity index (χ3n) is 4.14. The molecule has 0 unspecified atom stereocenters. The Kier molecular flexibility index (Phi) is 7.16. The Balaban J connectivity index is 1.48. The van der Waals surface area contributed by atoms with Gasteiger partial charge in [0.05, 0.1) is 31.3 Å². The highest BCUT2D eigenvalue weighted by atomic mass is 32.2. The Hall–Kier alpha value is -2.71. The average molecular weight is 398 g/mol. The van der Waals surface area contributed by atoms with Crippen LogP contribution in [-0.4, -0.2) is 46.0 Å². The molecular formula is C20H25N6OS+. The van der Waals surface area contributed by atoms with E-state index in [1.807, 2.05) is 42.5 Å². The molecule has 0 saturated carbocycles. The Bertz CT molecular complexity index is 896. The molecule has 0 aliphatic heterocycles. The second-order valence-electron chi connectivity index (χ2n) is 6.76. The van der Waals surface area contributed by atoms with Crippen LogP contribution in [0.2, 0.25) is 0 Å². The maximum absolute atomic E-state index is 12.2. The molecule has 8 heteroatoms. The number of rotatable bonds is 9. The first-order valence-electron chi connectivity index (χ1n) is 9.16. The quantitative estimate of drug-likeness (QED) is 0.560. The van der Waals surface area contributed by atoms with Crippen LogP contribution in [0, 0.1) is 0 Å². The van der Waals surface area contributed by atoms with E-state index >= 15 is 0 Å². The van der Waals surface area contributed by atoms with Crippen molar-refractivity contribution in [3.63, 3.8) is 0 Å². The van der Waals surface area contributed by atoms with Gasteiger partial charge in [-0.15, -0.1) is 16.9 Å². The van der Waals surface area contributed by atoms with Crippen molar-refractivity contribution in [3.8, 4) is 5.69 Å². The number of nitrogens with one attached hydrogen (secondary N) is 2. The zero-order valence-corrected chi connectivity index (χ0v) is 16.9. The first-order valence-corrected chi connectivity index (χ1v) is 10.3. The van der Waals surface area contributed by atoms with Crippen molar-refractivity contribution in [3.05, 3.63) is 71.5 Å². The predicted octanol–water partition coefficient (Wildman–Crippen LogP) is 0.856. The zero-order chi connectivity index (χ0) is 19.8. The van der Waals surface area contributed by atoms with E-state index in [4.69, 9.17) is 0 Å². The van der Waals surface area contributed by atoms with Crippen LogP contribution in [0.4, 0.5) is 0 Å². The molecule has 2 N–H and O–H groups in total. The van der Waals surface area contributed by atoms with Gasteiger partial charge in [0.15, 0.2) is 5.82 Å². The molecule has 0 radical (unpaired) electrons. The highest BCUT2D eigenvalue weighted by Gasteiger charge is 2.10. The van der Waals surface area contributed by atoms with E-state index in [-0.39, 0.29) is 5.91 Å². The van der Waals surface area contributed by atoms with Gasteiger partial charge in [0.25, 0.3) is 0 Å². The largest absolute Gasteiger partial charge is 0.351 e. The summed E-state index contributed by atoms with van der Waals surface area (Å²) in [6.45, 7) is 1.48. The third kappa shape index (κ3) is 5.64. The van der Waals surface area contributed by atoms with E-state index < -0.39 is 0 Å². The summed E-state index contributed by atoms with van der Waals surface area (Å²) < 4.78 is 1.70. The average Bonchev–Trinajstić information content (AvgIpc) is 3.16. The minimum absolute atomic E-state index is 0.00994. The van der Waals surface area contributed by atoms with Crippen LogP contribution in [0.1, 0.15) is 17.0 Å². The van der Waals surface area contributed by atoms with Gasteiger partial charge in [-0.3, -0.25) is 4.79 Å². The number of para-hydroxylation sites is 1. The maximum Gasteiger partial charge on any atom is 0.230 e. The summed E-state index contributed by atoms with van der Waals surface area (Å²) in [4.78, 5) is 13.6. The number of nitrogens with zero attached hydrogens (tertiary/aromatic N) is 4. The number of hydrogen-bond acceptors (Lipinski definition) is 5. The summed E-state index contributed by atoms with van der Waals surface area (Å²) in [6, 6.07) is 18.0. The number of thioether (sulfide) groups is 1. The molecule has 2 aromatic carbocycles. The number of carbonyl (C=O) groups is 1. The van der Waals surface area contributed by atoms with Gasteiger partial charge in [-0.05, 0) is 28.1 Å². The Morgan fingerprint density at radius 2 is 1.79 bits per heavy atom. The number of quaternary nitrogens is 1. The number of benzene rings is 2. The summed E-state index contributed by atoms with van der Waals surface area (Å²) in [5.74, 6) is 1.66. The van der Waals surface area contributed by atoms with E-state index in [9.17, 15) is 4.79 Å². The number of amides is 1. The molecule has 3 aromatic rings. The van der Waals surface area contributed by atoms with Crippen molar-refractivity contribution in [2.45, 2.75) is 18.8 Å². The van der Waals surface area contributed by atoms with Gasteiger partial charge in [0.1, 0.15) is 6.54 Å². The molecule has 1 aromatic heterocycles. The minimum Gasteiger partial charge on any atom is -0.351 e. The highest BCUT2D eigenvalue weighted by molar-refractivity contribution is 7.99. The van der Waals surface area contributed by atoms with Crippen LogP contribution in [-0.2, 0) is 23.6 Å². The van der Waals surface area contributed by atoms with Crippen LogP contribution in [0.15, 0.2) is 54.6 Å². The van der Waals surface area contributed by atoms with Gasteiger partial charge in [-0.2, -0.15) is 4.68 Å². The lowest BCUT2D eigenvalue weighted by Gasteiger charge is -2.12. The molecule has 0 fully saturated rings. The third-order valence-corrected chi connectivity index (χ3v) is 5.07. The minimum atomic E-state index is 0.00994. The molecule has 3 rings (SSSR count). The van der Waals surface area contributed by atoms with Crippen LogP contribution in [0.3, 0.4) is 0 Å². The lowest BCUT2D eigenvalue weighted by Crippen LogP contribution is -3.04. The van der Waals surface area contributed by atoms with Crippen LogP contribution in [0.5, 0.6) is 0 Å². The van der Waals surface area contributed by atoms with Crippen molar-refractivity contribution < 1.29 is 9.69 Å². The van der Waals surface area contributed by atoms with Crippen LogP contribution >= 0.6 is 11.8 Å². The van der Waals surface area contributed by atoms with E-state index in [0.29, 0.717) is 18.1 Å². The summed E-state index contributed by atoms with van der Waals surface area (Å²) in [5, 5.41) is 14.9. The lowest BCUT2D eigenvalue weighted by atomic mass is 10.1. The SMILES string of the molecule is C[NH+](C)Cc1ccccc1CNC(=O)CSCc1nnnn1-c1ccccc1. The number of carbonyl (C=O) groups excluding carboxylic acids is 1. The number of tetrazole rings is 1. The van der Waals surface area contributed by atoms with Crippen molar-refractivity contribution in [1.82, 2.24) is 25.5 Å². The maximum atomic E-state index is 12.2. The monoisotopic (exact) mass is 397 g/mol. The normalized spacial score (nSPS) is 11.0. The first-order chi connectivity index (χ1) is 13.6. The molecule has 0 spiro atoms. The lowest BCUT2D eigenvalue weighted by molar-refractivity contribution is -0.872. The molecule has 0 aliphatic rings. The number of hydrogen-bond donors (Lipinski definition) is 2. The second kappa shape index (κ2) is 10.0. The molecule has 1 heterocycles. The molecule has 0 atom stereocenters. The second-order valence-corrected chi connectivity index (χ2v) is 7.75. The Morgan fingerprint density at radius 1 is 1.07 bits per heavy atom. The molecule has 7 nitrogen and oxygen atoms in total. The van der Waals surface area contributed by atoms with Gasteiger partial charge < -0.3 is 10.2 Å².